The minimum absolute atomic E-state index is 0.153. The quantitative estimate of drug-likeness (QED) is 0.668. The number of benzene rings is 2. The standard InChI is InChI=1S/C15H15ClN2O3/c1-10-7-13(5-3-11(10)9-17-2)21-15-6-4-12(16)8-14(15)18(19)20/h3-8,17H,9H2,1-2H3. The maximum Gasteiger partial charge on any atom is 0.313 e. The van der Waals surface area contributed by atoms with Crippen LogP contribution in [-0.4, -0.2) is 12.0 Å². The largest absolute Gasteiger partial charge is 0.450 e. The number of nitro groups is 1. The summed E-state index contributed by atoms with van der Waals surface area (Å²) in [7, 11) is 1.88. The van der Waals surface area contributed by atoms with E-state index >= 15 is 0 Å². The summed E-state index contributed by atoms with van der Waals surface area (Å²) in [5.74, 6) is 0.725. The van der Waals surface area contributed by atoms with E-state index in [2.05, 4.69) is 5.32 Å². The molecular formula is C15H15ClN2O3. The molecule has 0 spiro atoms. The van der Waals surface area contributed by atoms with Crippen molar-refractivity contribution in [2.45, 2.75) is 13.5 Å². The molecule has 110 valence electrons. The molecule has 21 heavy (non-hydrogen) atoms. The molecule has 2 aromatic carbocycles. The maximum absolute atomic E-state index is 11.0. The van der Waals surface area contributed by atoms with Gasteiger partial charge in [-0.2, -0.15) is 0 Å². The summed E-state index contributed by atoms with van der Waals surface area (Å²) in [6.45, 7) is 2.73. The summed E-state index contributed by atoms with van der Waals surface area (Å²) in [5, 5.41) is 14.4. The van der Waals surface area contributed by atoms with Gasteiger partial charge in [-0.3, -0.25) is 10.1 Å². The van der Waals surface area contributed by atoms with Crippen molar-refractivity contribution in [2.24, 2.45) is 0 Å². The summed E-state index contributed by atoms with van der Waals surface area (Å²) in [6, 6.07) is 9.91. The van der Waals surface area contributed by atoms with Crippen molar-refractivity contribution in [2.75, 3.05) is 7.05 Å². The van der Waals surface area contributed by atoms with Crippen LogP contribution in [-0.2, 0) is 6.54 Å². The third kappa shape index (κ3) is 3.71. The number of aryl methyl sites for hydroxylation is 1. The Morgan fingerprint density at radius 1 is 1.29 bits per heavy atom. The Labute approximate surface area is 127 Å². The highest BCUT2D eigenvalue weighted by Gasteiger charge is 2.16. The molecule has 0 saturated heterocycles. The molecule has 2 aromatic rings. The van der Waals surface area contributed by atoms with Gasteiger partial charge in [-0.1, -0.05) is 17.7 Å². The molecule has 1 N–H and O–H groups in total. The minimum atomic E-state index is -0.510. The summed E-state index contributed by atoms with van der Waals surface area (Å²) >= 11 is 5.78. The minimum Gasteiger partial charge on any atom is -0.450 e. The maximum atomic E-state index is 11.0. The Bertz CT molecular complexity index is 674. The molecule has 0 amide bonds. The molecule has 0 bridgehead atoms. The average molecular weight is 307 g/mol. The predicted octanol–water partition coefficient (Wildman–Crippen LogP) is 4.07. The zero-order valence-corrected chi connectivity index (χ0v) is 12.5. The van der Waals surface area contributed by atoms with Crippen LogP contribution in [0.4, 0.5) is 5.69 Å². The molecule has 0 aliphatic carbocycles. The van der Waals surface area contributed by atoms with Crippen LogP contribution in [0.3, 0.4) is 0 Å². The van der Waals surface area contributed by atoms with E-state index in [4.69, 9.17) is 16.3 Å². The fourth-order valence-electron chi connectivity index (χ4n) is 1.97. The summed E-state index contributed by atoms with van der Waals surface area (Å²) in [5.41, 5.74) is 2.05. The van der Waals surface area contributed by atoms with Gasteiger partial charge in [-0.15, -0.1) is 0 Å². The van der Waals surface area contributed by atoms with Gasteiger partial charge in [0.15, 0.2) is 0 Å². The number of rotatable bonds is 5. The van der Waals surface area contributed by atoms with Gasteiger partial charge in [0.1, 0.15) is 5.75 Å². The second-order valence-electron chi connectivity index (χ2n) is 4.59. The number of nitrogens with one attached hydrogen (secondary N) is 1. The van der Waals surface area contributed by atoms with Crippen LogP contribution < -0.4 is 10.1 Å². The average Bonchev–Trinajstić information content (AvgIpc) is 2.44. The van der Waals surface area contributed by atoms with Gasteiger partial charge in [0, 0.05) is 17.6 Å². The summed E-state index contributed by atoms with van der Waals surface area (Å²) in [4.78, 5) is 10.5. The Kier molecular flexibility index (Phi) is 4.77. The van der Waals surface area contributed by atoms with E-state index in [0.29, 0.717) is 10.8 Å². The topological polar surface area (TPSA) is 64.4 Å². The lowest BCUT2D eigenvalue weighted by atomic mass is 10.1. The first kappa shape index (κ1) is 15.3. The molecule has 0 aliphatic rings. The lowest BCUT2D eigenvalue weighted by Crippen LogP contribution is -2.06. The van der Waals surface area contributed by atoms with E-state index in [9.17, 15) is 10.1 Å². The first-order chi connectivity index (χ1) is 10.0. The van der Waals surface area contributed by atoms with Crippen LogP contribution in [0, 0.1) is 17.0 Å². The highest BCUT2D eigenvalue weighted by molar-refractivity contribution is 6.30. The first-order valence-electron chi connectivity index (χ1n) is 6.37. The lowest BCUT2D eigenvalue weighted by Gasteiger charge is -2.10. The number of nitro benzene ring substituents is 1. The number of ether oxygens (including phenoxy) is 1. The zero-order valence-electron chi connectivity index (χ0n) is 11.7. The van der Waals surface area contributed by atoms with Crippen LogP contribution in [0.5, 0.6) is 11.5 Å². The fourth-order valence-corrected chi connectivity index (χ4v) is 2.13. The first-order valence-corrected chi connectivity index (χ1v) is 6.75. The van der Waals surface area contributed by atoms with Gasteiger partial charge in [0.2, 0.25) is 5.75 Å². The van der Waals surface area contributed by atoms with E-state index in [1.807, 2.05) is 26.1 Å². The zero-order chi connectivity index (χ0) is 15.4. The van der Waals surface area contributed by atoms with Gasteiger partial charge >= 0.3 is 5.69 Å². The molecule has 0 saturated carbocycles. The lowest BCUT2D eigenvalue weighted by molar-refractivity contribution is -0.385. The molecule has 5 nitrogen and oxygen atoms in total. The van der Waals surface area contributed by atoms with Crippen LogP contribution in [0.25, 0.3) is 0 Å². The Hall–Kier alpha value is -2.11. The highest BCUT2D eigenvalue weighted by Crippen LogP contribution is 2.34. The molecule has 0 unspecified atom stereocenters. The summed E-state index contributed by atoms with van der Waals surface area (Å²) < 4.78 is 5.62. The monoisotopic (exact) mass is 306 g/mol. The van der Waals surface area contributed by atoms with Crippen molar-refractivity contribution in [3.05, 3.63) is 62.7 Å². The molecule has 0 heterocycles. The second-order valence-corrected chi connectivity index (χ2v) is 5.03. The van der Waals surface area contributed by atoms with Crippen LogP contribution in [0.1, 0.15) is 11.1 Å². The number of hydrogen-bond donors (Lipinski definition) is 1. The molecule has 2 rings (SSSR count). The number of hydrogen-bond acceptors (Lipinski definition) is 4. The summed E-state index contributed by atoms with van der Waals surface area (Å²) in [6.07, 6.45) is 0. The van der Waals surface area contributed by atoms with Crippen molar-refractivity contribution < 1.29 is 9.66 Å². The van der Waals surface area contributed by atoms with E-state index in [0.717, 1.165) is 17.7 Å². The molecule has 0 aliphatic heterocycles. The van der Waals surface area contributed by atoms with E-state index < -0.39 is 4.92 Å². The molecule has 0 atom stereocenters. The molecular weight excluding hydrogens is 292 g/mol. The van der Waals surface area contributed by atoms with Gasteiger partial charge in [-0.05, 0) is 49.4 Å². The van der Waals surface area contributed by atoms with Crippen molar-refractivity contribution in [3.8, 4) is 11.5 Å². The van der Waals surface area contributed by atoms with Gasteiger partial charge in [0.25, 0.3) is 0 Å². The van der Waals surface area contributed by atoms with Crippen LogP contribution >= 0.6 is 11.6 Å². The van der Waals surface area contributed by atoms with Crippen LogP contribution in [0.2, 0.25) is 5.02 Å². The van der Waals surface area contributed by atoms with Gasteiger partial charge < -0.3 is 10.1 Å². The SMILES string of the molecule is CNCc1ccc(Oc2ccc(Cl)cc2[N+](=O)[O-])cc1C. The Morgan fingerprint density at radius 3 is 2.67 bits per heavy atom. The van der Waals surface area contributed by atoms with Crippen molar-refractivity contribution in [1.82, 2.24) is 5.32 Å². The predicted molar refractivity (Wildman–Crippen MR) is 82.1 cm³/mol. The van der Waals surface area contributed by atoms with Gasteiger partial charge in [0.05, 0.1) is 4.92 Å². The third-order valence-electron chi connectivity index (χ3n) is 3.03. The highest BCUT2D eigenvalue weighted by atomic mass is 35.5. The Balaban J connectivity index is 2.30. The van der Waals surface area contributed by atoms with E-state index in [1.165, 1.54) is 12.1 Å². The van der Waals surface area contributed by atoms with E-state index in [1.54, 1.807) is 12.1 Å². The molecule has 0 radical (unpaired) electrons. The normalized spacial score (nSPS) is 10.4. The van der Waals surface area contributed by atoms with Crippen LogP contribution in [0.15, 0.2) is 36.4 Å². The number of nitrogens with zero attached hydrogens (tertiary/aromatic N) is 1. The Morgan fingerprint density at radius 2 is 2.05 bits per heavy atom. The second kappa shape index (κ2) is 6.56. The van der Waals surface area contributed by atoms with Crippen molar-refractivity contribution in [3.63, 3.8) is 0 Å². The van der Waals surface area contributed by atoms with Crippen molar-refractivity contribution in [1.29, 1.82) is 0 Å². The molecule has 0 aromatic heterocycles. The van der Waals surface area contributed by atoms with E-state index in [-0.39, 0.29) is 11.4 Å². The van der Waals surface area contributed by atoms with Gasteiger partial charge in [-0.25, -0.2) is 0 Å². The molecule has 0 fully saturated rings. The van der Waals surface area contributed by atoms with Crippen molar-refractivity contribution >= 4 is 17.3 Å². The smallest absolute Gasteiger partial charge is 0.313 e. The third-order valence-corrected chi connectivity index (χ3v) is 3.26. The molecule has 6 heteroatoms. The number of halogens is 1. The fraction of sp³-hybridized carbons (Fsp3) is 0.200.